The molecule has 1 aliphatic carbocycles. The molecule has 1 aromatic rings. The molecule has 2 fully saturated rings. The summed E-state index contributed by atoms with van der Waals surface area (Å²) in [6.07, 6.45) is 5.77. The third-order valence-electron chi connectivity index (χ3n) is 6.32. The normalized spacial score (nSPS) is 19.0. The fraction of sp³-hybridized carbons (Fsp3) is 0.625. The van der Waals surface area contributed by atoms with E-state index in [-0.39, 0.29) is 29.6 Å². The van der Waals surface area contributed by atoms with Gasteiger partial charge >= 0.3 is 0 Å². The number of piperidine rings is 1. The van der Waals surface area contributed by atoms with E-state index >= 15 is 0 Å². The Labute approximate surface area is 179 Å². The predicted octanol–water partition coefficient (Wildman–Crippen LogP) is 2.99. The SMILES string of the molecule is CC(C)CNC(=O)[C@@H](NC(=O)c1ccccc1)C1CCN(C(=O)C2CCCC2)CC1. The van der Waals surface area contributed by atoms with Gasteiger partial charge in [-0.2, -0.15) is 0 Å². The van der Waals surface area contributed by atoms with Gasteiger partial charge in [-0.1, -0.05) is 44.9 Å². The number of benzene rings is 1. The van der Waals surface area contributed by atoms with Gasteiger partial charge in [0.25, 0.3) is 5.91 Å². The number of nitrogens with zero attached hydrogens (tertiary/aromatic N) is 1. The van der Waals surface area contributed by atoms with Crippen molar-refractivity contribution in [2.45, 2.75) is 58.4 Å². The second kappa shape index (κ2) is 10.6. The molecular weight excluding hydrogens is 378 g/mol. The zero-order chi connectivity index (χ0) is 21.5. The molecule has 2 N–H and O–H groups in total. The molecule has 30 heavy (non-hydrogen) atoms. The molecule has 1 saturated carbocycles. The first kappa shape index (κ1) is 22.3. The first-order chi connectivity index (χ1) is 14.5. The number of carbonyl (C=O) groups is 3. The van der Waals surface area contributed by atoms with Gasteiger partial charge in [-0.3, -0.25) is 14.4 Å². The van der Waals surface area contributed by atoms with E-state index in [1.807, 2.05) is 36.9 Å². The van der Waals surface area contributed by atoms with E-state index in [1.165, 1.54) is 0 Å². The van der Waals surface area contributed by atoms with Gasteiger partial charge in [0.15, 0.2) is 0 Å². The van der Waals surface area contributed by atoms with Gasteiger partial charge in [-0.05, 0) is 49.7 Å². The summed E-state index contributed by atoms with van der Waals surface area (Å²) in [5.41, 5.74) is 0.549. The van der Waals surface area contributed by atoms with Crippen molar-refractivity contribution in [3.05, 3.63) is 35.9 Å². The molecule has 3 amide bonds. The Morgan fingerprint density at radius 3 is 2.23 bits per heavy atom. The monoisotopic (exact) mass is 413 g/mol. The zero-order valence-corrected chi connectivity index (χ0v) is 18.2. The highest BCUT2D eigenvalue weighted by Crippen LogP contribution is 2.29. The van der Waals surface area contributed by atoms with Crippen molar-refractivity contribution in [3.63, 3.8) is 0 Å². The van der Waals surface area contributed by atoms with Crippen LogP contribution >= 0.6 is 0 Å². The molecule has 164 valence electrons. The van der Waals surface area contributed by atoms with Crippen molar-refractivity contribution in [2.24, 2.45) is 17.8 Å². The predicted molar refractivity (Wildman–Crippen MR) is 117 cm³/mol. The zero-order valence-electron chi connectivity index (χ0n) is 18.2. The summed E-state index contributed by atoms with van der Waals surface area (Å²) in [5.74, 6) is 0.464. The molecule has 1 heterocycles. The second-order valence-electron chi connectivity index (χ2n) is 9.10. The molecule has 0 aromatic heterocycles. The number of likely N-dealkylation sites (tertiary alicyclic amines) is 1. The molecule has 3 rings (SSSR count). The fourth-order valence-electron chi connectivity index (χ4n) is 4.51. The van der Waals surface area contributed by atoms with Crippen molar-refractivity contribution in [1.29, 1.82) is 0 Å². The summed E-state index contributed by atoms with van der Waals surface area (Å²) in [5, 5.41) is 5.95. The molecular formula is C24H35N3O3. The lowest BCUT2D eigenvalue weighted by Crippen LogP contribution is -2.54. The highest BCUT2D eigenvalue weighted by molar-refractivity contribution is 5.97. The maximum Gasteiger partial charge on any atom is 0.251 e. The Morgan fingerprint density at radius 2 is 1.63 bits per heavy atom. The second-order valence-corrected chi connectivity index (χ2v) is 9.10. The number of carbonyl (C=O) groups excluding carboxylic acids is 3. The van der Waals surface area contributed by atoms with Gasteiger partial charge in [-0.25, -0.2) is 0 Å². The number of amides is 3. The van der Waals surface area contributed by atoms with Gasteiger partial charge in [0.2, 0.25) is 11.8 Å². The van der Waals surface area contributed by atoms with Crippen molar-refractivity contribution < 1.29 is 14.4 Å². The van der Waals surface area contributed by atoms with Crippen molar-refractivity contribution in [2.75, 3.05) is 19.6 Å². The molecule has 1 aromatic carbocycles. The first-order valence-corrected chi connectivity index (χ1v) is 11.4. The van der Waals surface area contributed by atoms with Crippen LogP contribution in [0.2, 0.25) is 0 Å². The summed E-state index contributed by atoms with van der Waals surface area (Å²) >= 11 is 0. The summed E-state index contributed by atoms with van der Waals surface area (Å²) in [7, 11) is 0. The van der Waals surface area contributed by atoms with Crippen LogP contribution in [0.1, 0.15) is 62.7 Å². The Kier molecular flexibility index (Phi) is 7.88. The molecule has 2 aliphatic rings. The third-order valence-corrected chi connectivity index (χ3v) is 6.32. The number of rotatable bonds is 7. The Hall–Kier alpha value is -2.37. The topological polar surface area (TPSA) is 78.5 Å². The van der Waals surface area contributed by atoms with Gasteiger partial charge in [0.1, 0.15) is 6.04 Å². The minimum Gasteiger partial charge on any atom is -0.354 e. The maximum atomic E-state index is 12.9. The number of hydrogen-bond donors (Lipinski definition) is 2. The highest BCUT2D eigenvalue weighted by atomic mass is 16.2. The van der Waals surface area contributed by atoms with E-state index in [1.54, 1.807) is 12.1 Å². The van der Waals surface area contributed by atoms with Crippen LogP contribution < -0.4 is 10.6 Å². The molecule has 1 atom stereocenters. The number of hydrogen-bond acceptors (Lipinski definition) is 3. The smallest absolute Gasteiger partial charge is 0.251 e. The van der Waals surface area contributed by atoms with Gasteiger partial charge in [0, 0.05) is 31.1 Å². The molecule has 0 unspecified atom stereocenters. The lowest BCUT2D eigenvalue weighted by atomic mass is 9.87. The van der Waals surface area contributed by atoms with Crippen LogP contribution in [0, 0.1) is 17.8 Å². The quantitative estimate of drug-likeness (QED) is 0.721. The van der Waals surface area contributed by atoms with Crippen molar-refractivity contribution in [1.82, 2.24) is 15.5 Å². The Bertz CT molecular complexity index is 720. The van der Waals surface area contributed by atoms with Crippen LogP contribution in [-0.2, 0) is 9.59 Å². The fourth-order valence-corrected chi connectivity index (χ4v) is 4.51. The van der Waals surface area contributed by atoms with Crippen LogP contribution in [0.4, 0.5) is 0 Å². The lowest BCUT2D eigenvalue weighted by molar-refractivity contribution is -0.137. The first-order valence-electron chi connectivity index (χ1n) is 11.4. The van der Waals surface area contributed by atoms with E-state index < -0.39 is 6.04 Å². The maximum absolute atomic E-state index is 12.9. The minimum atomic E-state index is -0.583. The van der Waals surface area contributed by atoms with E-state index in [0.29, 0.717) is 31.1 Å². The largest absolute Gasteiger partial charge is 0.354 e. The molecule has 0 bridgehead atoms. The summed E-state index contributed by atoms with van der Waals surface area (Å²) in [6.45, 7) is 6.00. The van der Waals surface area contributed by atoms with Crippen molar-refractivity contribution in [3.8, 4) is 0 Å². The summed E-state index contributed by atoms with van der Waals surface area (Å²) < 4.78 is 0. The van der Waals surface area contributed by atoms with Gasteiger partial charge < -0.3 is 15.5 Å². The van der Waals surface area contributed by atoms with Crippen LogP contribution in [0.15, 0.2) is 30.3 Å². The Morgan fingerprint density at radius 1 is 1.00 bits per heavy atom. The van der Waals surface area contributed by atoms with Gasteiger partial charge in [0.05, 0.1) is 0 Å². The van der Waals surface area contributed by atoms with Crippen LogP contribution in [0.3, 0.4) is 0 Å². The van der Waals surface area contributed by atoms with E-state index in [4.69, 9.17) is 0 Å². The Balaban J connectivity index is 1.63. The molecule has 6 heteroatoms. The number of nitrogens with one attached hydrogen (secondary N) is 2. The van der Waals surface area contributed by atoms with E-state index in [9.17, 15) is 14.4 Å². The van der Waals surface area contributed by atoms with E-state index in [0.717, 1.165) is 38.5 Å². The average Bonchev–Trinajstić information content (AvgIpc) is 3.31. The van der Waals surface area contributed by atoms with Crippen LogP contribution in [-0.4, -0.2) is 48.3 Å². The molecule has 0 spiro atoms. The molecule has 0 radical (unpaired) electrons. The van der Waals surface area contributed by atoms with Crippen molar-refractivity contribution >= 4 is 17.7 Å². The van der Waals surface area contributed by atoms with Crippen LogP contribution in [0.25, 0.3) is 0 Å². The van der Waals surface area contributed by atoms with Crippen LogP contribution in [0.5, 0.6) is 0 Å². The van der Waals surface area contributed by atoms with Gasteiger partial charge in [-0.15, -0.1) is 0 Å². The van der Waals surface area contributed by atoms with E-state index in [2.05, 4.69) is 10.6 Å². The molecule has 1 saturated heterocycles. The molecule has 1 aliphatic heterocycles. The average molecular weight is 414 g/mol. The minimum absolute atomic E-state index is 0.0254. The summed E-state index contributed by atoms with van der Waals surface area (Å²) in [6, 6.07) is 8.41. The highest BCUT2D eigenvalue weighted by Gasteiger charge is 2.35. The standard InChI is InChI=1S/C24H35N3O3/c1-17(2)16-25-23(29)21(26-22(28)19-8-4-3-5-9-19)18-12-14-27(15-13-18)24(30)20-10-6-7-11-20/h3-5,8-9,17-18,20-21H,6-7,10-16H2,1-2H3,(H,25,29)(H,26,28)/t21-/m0/s1. The third kappa shape index (κ3) is 5.83. The lowest BCUT2D eigenvalue weighted by Gasteiger charge is -2.37. The molecule has 6 nitrogen and oxygen atoms in total. The summed E-state index contributed by atoms with van der Waals surface area (Å²) in [4.78, 5) is 40.4.